The molecule has 0 spiro atoms. The minimum atomic E-state index is 0.711. The third-order valence-corrected chi connectivity index (χ3v) is 3.48. The molecule has 0 radical (unpaired) electrons. The topological polar surface area (TPSA) is 40.8 Å². The average Bonchev–Trinajstić information content (AvgIpc) is 2.53. The summed E-state index contributed by atoms with van der Waals surface area (Å²) in [5, 5.41) is 13.6. The third-order valence-electron chi connectivity index (χ3n) is 3.02. The smallest absolute Gasteiger partial charge is 0.125 e. The molecule has 2 aromatic rings. The molecule has 1 N–H and O–H groups in total. The van der Waals surface area contributed by atoms with Gasteiger partial charge in [0.2, 0.25) is 0 Å². The lowest BCUT2D eigenvalue weighted by Gasteiger charge is -2.02. The molecule has 0 aliphatic carbocycles. The number of benzene rings is 1. The van der Waals surface area contributed by atoms with Gasteiger partial charge in [0.15, 0.2) is 0 Å². The first-order chi connectivity index (χ1) is 8.10. The van der Waals surface area contributed by atoms with Crippen LogP contribution in [0.1, 0.15) is 16.8 Å². The van der Waals surface area contributed by atoms with E-state index in [4.69, 9.17) is 0 Å². The first-order valence-electron chi connectivity index (χ1n) is 5.42. The zero-order chi connectivity index (χ0) is 12.6. The van der Waals surface area contributed by atoms with Gasteiger partial charge < -0.3 is 9.88 Å². The van der Waals surface area contributed by atoms with Crippen molar-refractivity contribution < 1.29 is 0 Å². The Morgan fingerprint density at radius 3 is 2.76 bits per heavy atom. The van der Waals surface area contributed by atoms with E-state index >= 15 is 0 Å². The Hall–Kier alpha value is -1.31. The molecule has 17 heavy (non-hydrogen) atoms. The molecule has 1 aromatic carbocycles. The molecule has 0 saturated carbocycles. The van der Waals surface area contributed by atoms with E-state index in [1.54, 1.807) is 0 Å². The fourth-order valence-electron chi connectivity index (χ4n) is 2.32. The predicted molar refractivity (Wildman–Crippen MR) is 72.8 cm³/mol. The number of nitriles is 1. The van der Waals surface area contributed by atoms with Gasteiger partial charge in [0.05, 0.1) is 5.52 Å². The number of aromatic nitrogens is 1. The van der Waals surface area contributed by atoms with Crippen molar-refractivity contribution in [2.45, 2.75) is 13.5 Å². The predicted octanol–water partition coefficient (Wildman–Crippen LogP) is 2.84. The van der Waals surface area contributed by atoms with Gasteiger partial charge in [-0.2, -0.15) is 5.26 Å². The van der Waals surface area contributed by atoms with Crippen molar-refractivity contribution in [3.63, 3.8) is 0 Å². The second-order valence-electron chi connectivity index (χ2n) is 4.15. The third kappa shape index (κ3) is 1.86. The van der Waals surface area contributed by atoms with Crippen LogP contribution in [0.5, 0.6) is 0 Å². The lowest BCUT2D eigenvalue weighted by atomic mass is 10.1. The van der Waals surface area contributed by atoms with Crippen LogP contribution in [0.25, 0.3) is 10.9 Å². The summed E-state index contributed by atoms with van der Waals surface area (Å²) in [5.41, 5.74) is 4.10. The fourth-order valence-corrected chi connectivity index (χ4v) is 2.88. The van der Waals surface area contributed by atoms with Gasteiger partial charge >= 0.3 is 0 Å². The first kappa shape index (κ1) is 12.2. The zero-order valence-electron chi connectivity index (χ0n) is 10.1. The van der Waals surface area contributed by atoms with E-state index < -0.39 is 0 Å². The van der Waals surface area contributed by atoms with E-state index in [0.717, 1.165) is 21.2 Å². The highest BCUT2D eigenvalue weighted by Gasteiger charge is 2.16. The summed E-state index contributed by atoms with van der Waals surface area (Å²) in [6, 6.07) is 6.44. The highest BCUT2D eigenvalue weighted by Crippen LogP contribution is 2.30. The van der Waals surface area contributed by atoms with Crippen LogP contribution >= 0.6 is 15.9 Å². The summed E-state index contributed by atoms with van der Waals surface area (Å²) in [7, 11) is 3.83. The Morgan fingerprint density at radius 1 is 1.47 bits per heavy atom. The summed E-state index contributed by atoms with van der Waals surface area (Å²) < 4.78 is 3.00. The van der Waals surface area contributed by atoms with Gasteiger partial charge in [-0.1, -0.05) is 15.9 Å². The van der Waals surface area contributed by atoms with Crippen LogP contribution in [-0.2, 0) is 13.6 Å². The second-order valence-corrected chi connectivity index (χ2v) is 5.06. The molecule has 1 aromatic heterocycles. The standard InChI is InChI=1S/C13H14BrN3/c1-8-4-9(14)5-11-13(8)10(7-16-2)12(6-15)17(11)3/h4-5,16H,7H2,1-3H3. The number of fused-ring (bicyclic) bond motifs is 1. The van der Waals surface area contributed by atoms with E-state index in [-0.39, 0.29) is 0 Å². The van der Waals surface area contributed by atoms with E-state index in [9.17, 15) is 5.26 Å². The molecule has 4 heteroatoms. The van der Waals surface area contributed by atoms with Crippen molar-refractivity contribution in [3.8, 4) is 6.07 Å². The Balaban J connectivity index is 2.91. The van der Waals surface area contributed by atoms with Crippen LogP contribution < -0.4 is 5.32 Å². The molecule has 3 nitrogen and oxygen atoms in total. The van der Waals surface area contributed by atoms with E-state index in [1.165, 1.54) is 10.9 Å². The summed E-state index contributed by atoms with van der Waals surface area (Å²) in [4.78, 5) is 0. The SMILES string of the molecule is CNCc1c(C#N)n(C)c2cc(Br)cc(C)c12. The summed E-state index contributed by atoms with van der Waals surface area (Å²) >= 11 is 3.50. The summed E-state index contributed by atoms with van der Waals surface area (Å²) in [6.07, 6.45) is 0. The highest BCUT2D eigenvalue weighted by molar-refractivity contribution is 9.10. The maximum atomic E-state index is 9.28. The average molecular weight is 292 g/mol. The minimum Gasteiger partial charge on any atom is -0.335 e. The first-order valence-corrected chi connectivity index (χ1v) is 6.21. The van der Waals surface area contributed by atoms with Crippen molar-refractivity contribution >= 4 is 26.8 Å². The molecule has 0 fully saturated rings. The molecule has 0 aliphatic heterocycles. The van der Waals surface area contributed by atoms with Gasteiger partial charge in [0, 0.05) is 29.0 Å². The molecule has 0 saturated heterocycles. The maximum absolute atomic E-state index is 9.28. The monoisotopic (exact) mass is 291 g/mol. The number of aryl methyl sites for hydroxylation is 2. The Morgan fingerprint density at radius 2 is 2.18 bits per heavy atom. The maximum Gasteiger partial charge on any atom is 0.125 e. The Kier molecular flexibility index (Phi) is 3.23. The minimum absolute atomic E-state index is 0.711. The number of rotatable bonds is 2. The Labute approximate surface area is 109 Å². The van der Waals surface area contributed by atoms with Crippen molar-refractivity contribution in [2.75, 3.05) is 7.05 Å². The summed E-state index contributed by atoms with van der Waals surface area (Å²) in [6.45, 7) is 2.79. The molecule has 0 atom stereocenters. The van der Waals surface area contributed by atoms with Crippen molar-refractivity contribution in [3.05, 3.63) is 33.4 Å². The van der Waals surface area contributed by atoms with Gasteiger partial charge in [-0.3, -0.25) is 0 Å². The largest absolute Gasteiger partial charge is 0.335 e. The number of hydrogen-bond donors (Lipinski definition) is 1. The number of nitrogens with zero attached hydrogens (tertiary/aromatic N) is 2. The molecule has 88 valence electrons. The lowest BCUT2D eigenvalue weighted by Crippen LogP contribution is -2.07. The van der Waals surface area contributed by atoms with Gasteiger partial charge in [-0.25, -0.2) is 0 Å². The van der Waals surface area contributed by atoms with Crippen LogP contribution in [0.3, 0.4) is 0 Å². The summed E-state index contributed by atoms with van der Waals surface area (Å²) in [5.74, 6) is 0. The van der Waals surface area contributed by atoms with Crippen molar-refractivity contribution in [2.24, 2.45) is 7.05 Å². The molecule has 0 amide bonds. The zero-order valence-corrected chi connectivity index (χ0v) is 11.7. The van der Waals surface area contributed by atoms with Gasteiger partial charge in [0.25, 0.3) is 0 Å². The normalized spacial score (nSPS) is 10.8. The van der Waals surface area contributed by atoms with Crippen LogP contribution in [-0.4, -0.2) is 11.6 Å². The molecule has 1 heterocycles. The fraction of sp³-hybridized carbons (Fsp3) is 0.308. The molecular formula is C13H14BrN3. The van der Waals surface area contributed by atoms with Gasteiger partial charge in [0.1, 0.15) is 11.8 Å². The highest BCUT2D eigenvalue weighted by atomic mass is 79.9. The molecule has 0 aliphatic rings. The van der Waals surface area contributed by atoms with Crippen LogP contribution in [0, 0.1) is 18.3 Å². The number of nitrogens with one attached hydrogen (secondary N) is 1. The number of halogens is 1. The molecule has 2 rings (SSSR count). The van der Waals surface area contributed by atoms with Crippen molar-refractivity contribution in [1.29, 1.82) is 5.26 Å². The molecule has 0 bridgehead atoms. The van der Waals surface area contributed by atoms with E-state index in [0.29, 0.717) is 6.54 Å². The van der Waals surface area contributed by atoms with Crippen LogP contribution in [0.4, 0.5) is 0 Å². The molecule has 0 unspecified atom stereocenters. The van der Waals surface area contributed by atoms with Crippen molar-refractivity contribution in [1.82, 2.24) is 9.88 Å². The van der Waals surface area contributed by atoms with E-state index in [2.05, 4.69) is 46.4 Å². The molecular weight excluding hydrogens is 278 g/mol. The van der Waals surface area contributed by atoms with Crippen LogP contribution in [0.2, 0.25) is 0 Å². The van der Waals surface area contributed by atoms with Gasteiger partial charge in [-0.15, -0.1) is 0 Å². The number of hydrogen-bond acceptors (Lipinski definition) is 2. The Bertz CT molecular complexity index is 620. The quantitative estimate of drug-likeness (QED) is 0.924. The van der Waals surface area contributed by atoms with E-state index in [1.807, 2.05) is 18.7 Å². The van der Waals surface area contributed by atoms with Crippen LogP contribution in [0.15, 0.2) is 16.6 Å². The lowest BCUT2D eigenvalue weighted by molar-refractivity contribution is 0.810. The van der Waals surface area contributed by atoms with Gasteiger partial charge in [-0.05, 0) is 31.7 Å². The second kappa shape index (κ2) is 4.52.